The lowest BCUT2D eigenvalue weighted by molar-refractivity contribution is 0.0685. The largest absolute Gasteiger partial charge is 0.338 e. The van der Waals surface area contributed by atoms with Crippen LogP contribution < -0.4 is 0 Å². The Morgan fingerprint density at radius 2 is 1.92 bits per heavy atom. The minimum Gasteiger partial charge on any atom is -0.338 e. The summed E-state index contributed by atoms with van der Waals surface area (Å²) in [5, 5.41) is 0.863. The SMILES string of the molecule is CC1CCCN(C(=O)c2cc(-c3ccc(F)cc3)nc3ccccc23)C1. The van der Waals surface area contributed by atoms with Crippen molar-refractivity contribution in [1.82, 2.24) is 9.88 Å². The molecule has 1 aliphatic rings. The van der Waals surface area contributed by atoms with Crippen LogP contribution in [0.25, 0.3) is 22.2 Å². The molecule has 1 aliphatic heterocycles. The first-order chi connectivity index (χ1) is 12.6. The van der Waals surface area contributed by atoms with E-state index in [4.69, 9.17) is 0 Å². The van der Waals surface area contributed by atoms with Crippen molar-refractivity contribution in [1.29, 1.82) is 0 Å². The number of halogens is 1. The van der Waals surface area contributed by atoms with Gasteiger partial charge in [0.05, 0.1) is 16.8 Å². The van der Waals surface area contributed by atoms with Crippen molar-refractivity contribution in [2.45, 2.75) is 19.8 Å². The molecule has 1 fully saturated rings. The summed E-state index contributed by atoms with van der Waals surface area (Å²) < 4.78 is 13.3. The number of para-hydroxylation sites is 1. The number of rotatable bonds is 2. The van der Waals surface area contributed by atoms with E-state index in [1.807, 2.05) is 35.2 Å². The van der Waals surface area contributed by atoms with Crippen molar-refractivity contribution in [2.75, 3.05) is 13.1 Å². The van der Waals surface area contributed by atoms with Crippen LogP contribution in [0.15, 0.2) is 54.6 Å². The van der Waals surface area contributed by atoms with Crippen molar-refractivity contribution in [3.63, 3.8) is 0 Å². The Morgan fingerprint density at radius 1 is 1.15 bits per heavy atom. The highest BCUT2D eigenvalue weighted by Gasteiger charge is 2.24. The fraction of sp³-hybridized carbons (Fsp3) is 0.273. The quantitative estimate of drug-likeness (QED) is 0.659. The van der Waals surface area contributed by atoms with E-state index in [1.54, 1.807) is 12.1 Å². The molecule has 2 heterocycles. The van der Waals surface area contributed by atoms with Crippen LogP contribution in [0.1, 0.15) is 30.1 Å². The molecule has 3 nitrogen and oxygen atoms in total. The molecule has 2 aromatic carbocycles. The maximum absolute atomic E-state index is 13.3. The molecule has 1 unspecified atom stereocenters. The maximum atomic E-state index is 13.3. The molecule has 4 rings (SSSR count). The molecule has 3 aromatic rings. The topological polar surface area (TPSA) is 33.2 Å². The monoisotopic (exact) mass is 348 g/mol. The van der Waals surface area contributed by atoms with Crippen LogP contribution in [0.3, 0.4) is 0 Å². The minimum atomic E-state index is -0.284. The number of carbonyl (C=O) groups is 1. The van der Waals surface area contributed by atoms with Crippen LogP contribution >= 0.6 is 0 Å². The number of amides is 1. The molecule has 0 N–H and O–H groups in total. The van der Waals surface area contributed by atoms with Crippen LogP contribution in [0.5, 0.6) is 0 Å². The van der Waals surface area contributed by atoms with Gasteiger partial charge in [0.15, 0.2) is 0 Å². The predicted molar refractivity (Wildman–Crippen MR) is 101 cm³/mol. The lowest BCUT2D eigenvalue weighted by atomic mass is 9.98. The zero-order valence-electron chi connectivity index (χ0n) is 14.8. The van der Waals surface area contributed by atoms with Gasteiger partial charge in [-0.05, 0) is 55.2 Å². The normalized spacial score (nSPS) is 17.5. The van der Waals surface area contributed by atoms with Crippen LogP contribution in [0.4, 0.5) is 4.39 Å². The number of piperidine rings is 1. The van der Waals surface area contributed by atoms with E-state index in [0.717, 1.165) is 36.0 Å². The Morgan fingerprint density at radius 3 is 2.69 bits per heavy atom. The third kappa shape index (κ3) is 3.19. The van der Waals surface area contributed by atoms with Gasteiger partial charge in [-0.3, -0.25) is 4.79 Å². The van der Waals surface area contributed by atoms with Crippen LogP contribution in [0.2, 0.25) is 0 Å². The van der Waals surface area contributed by atoms with Gasteiger partial charge in [-0.25, -0.2) is 9.37 Å². The van der Waals surface area contributed by atoms with E-state index in [0.29, 0.717) is 17.2 Å². The lowest BCUT2D eigenvalue weighted by Gasteiger charge is -2.31. The van der Waals surface area contributed by atoms with Gasteiger partial charge in [0, 0.05) is 24.0 Å². The van der Waals surface area contributed by atoms with E-state index in [9.17, 15) is 9.18 Å². The molecule has 0 radical (unpaired) electrons. The summed E-state index contributed by atoms with van der Waals surface area (Å²) in [6.45, 7) is 3.78. The summed E-state index contributed by atoms with van der Waals surface area (Å²) in [7, 11) is 0. The van der Waals surface area contributed by atoms with Gasteiger partial charge in [0.25, 0.3) is 5.91 Å². The number of likely N-dealkylation sites (tertiary alicyclic amines) is 1. The predicted octanol–water partition coefficient (Wildman–Crippen LogP) is 4.91. The van der Waals surface area contributed by atoms with Crippen LogP contribution in [-0.4, -0.2) is 28.9 Å². The molecule has 0 aliphatic carbocycles. The third-order valence-corrected chi connectivity index (χ3v) is 5.03. The second-order valence-electron chi connectivity index (χ2n) is 7.08. The van der Waals surface area contributed by atoms with Gasteiger partial charge in [0.1, 0.15) is 5.82 Å². The van der Waals surface area contributed by atoms with Crippen molar-refractivity contribution in [2.24, 2.45) is 5.92 Å². The van der Waals surface area contributed by atoms with Gasteiger partial charge in [0.2, 0.25) is 0 Å². The Hall–Kier alpha value is -2.75. The molecule has 0 spiro atoms. The van der Waals surface area contributed by atoms with E-state index in [2.05, 4.69) is 11.9 Å². The zero-order chi connectivity index (χ0) is 18.1. The van der Waals surface area contributed by atoms with E-state index in [1.165, 1.54) is 18.6 Å². The van der Waals surface area contributed by atoms with E-state index < -0.39 is 0 Å². The molecule has 1 aromatic heterocycles. The first kappa shape index (κ1) is 16.7. The summed E-state index contributed by atoms with van der Waals surface area (Å²) in [5.74, 6) is 0.295. The maximum Gasteiger partial charge on any atom is 0.254 e. The molecule has 4 heteroatoms. The van der Waals surface area contributed by atoms with Gasteiger partial charge < -0.3 is 4.90 Å². The average molecular weight is 348 g/mol. The fourth-order valence-electron chi connectivity index (χ4n) is 3.67. The standard InChI is InChI=1S/C22H21FN2O/c1-15-5-4-12-25(14-15)22(26)19-13-21(16-8-10-17(23)11-9-16)24-20-7-3-2-6-18(19)20/h2-3,6-11,13,15H,4-5,12,14H2,1H3. The molecular weight excluding hydrogens is 327 g/mol. The highest BCUT2D eigenvalue weighted by Crippen LogP contribution is 2.27. The molecule has 0 saturated carbocycles. The lowest BCUT2D eigenvalue weighted by Crippen LogP contribution is -2.39. The number of hydrogen-bond donors (Lipinski definition) is 0. The van der Waals surface area contributed by atoms with Crippen molar-refractivity contribution in [3.8, 4) is 11.3 Å². The Bertz CT molecular complexity index is 952. The van der Waals surface area contributed by atoms with Crippen LogP contribution in [0, 0.1) is 11.7 Å². The number of hydrogen-bond acceptors (Lipinski definition) is 2. The third-order valence-electron chi connectivity index (χ3n) is 5.03. The Kier molecular flexibility index (Phi) is 4.41. The first-order valence-corrected chi connectivity index (χ1v) is 9.07. The first-order valence-electron chi connectivity index (χ1n) is 9.07. The molecular formula is C22H21FN2O. The van der Waals surface area contributed by atoms with Crippen molar-refractivity contribution >= 4 is 16.8 Å². The second-order valence-corrected chi connectivity index (χ2v) is 7.08. The summed E-state index contributed by atoms with van der Waals surface area (Å²) in [6, 6.07) is 15.8. The van der Waals surface area contributed by atoms with Gasteiger partial charge in [-0.2, -0.15) is 0 Å². The van der Waals surface area contributed by atoms with E-state index >= 15 is 0 Å². The summed E-state index contributed by atoms with van der Waals surface area (Å²) in [5.41, 5.74) is 2.95. The molecule has 1 saturated heterocycles. The average Bonchev–Trinajstić information content (AvgIpc) is 2.67. The smallest absolute Gasteiger partial charge is 0.254 e. The Labute approximate surface area is 152 Å². The zero-order valence-corrected chi connectivity index (χ0v) is 14.8. The fourth-order valence-corrected chi connectivity index (χ4v) is 3.67. The molecule has 26 heavy (non-hydrogen) atoms. The highest BCUT2D eigenvalue weighted by atomic mass is 19.1. The molecule has 1 atom stereocenters. The van der Waals surface area contributed by atoms with Gasteiger partial charge in [-0.15, -0.1) is 0 Å². The van der Waals surface area contributed by atoms with Crippen molar-refractivity contribution < 1.29 is 9.18 Å². The van der Waals surface area contributed by atoms with E-state index in [-0.39, 0.29) is 11.7 Å². The number of pyridine rings is 1. The Balaban J connectivity index is 1.82. The number of aromatic nitrogens is 1. The van der Waals surface area contributed by atoms with Crippen LogP contribution in [-0.2, 0) is 0 Å². The molecule has 0 bridgehead atoms. The summed E-state index contributed by atoms with van der Waals surface area (Å²) in [6.07, 6.45) is 2.21. The van der Waals surface area contributed by atoms with Gasteiger partial charge in [-0.1, -0.05) is 25.1 Å². The summed E-state index contributed by atoms with van der Waals surface area (Å²) in [4.78, 5) is 19.9. The van der Waals surface area contributed by atoms with Crippen molar-refractivity contribution in [3.05, 3.63) is 66.0 Å². The second kappa shape index (κ2) is 6.87. The highest BCUT2D eigenvalue weighted by molar-refractivity contribution is 6.07. The minimum absolute atomic E-state index is 0.0542. The number of benzene rings is 2. The number of fused-ring (bicyclic) bond motifs is 1. The van der Waals surface area contributed by atoms with Gasteiger partial charge >= 0.3 is 0 Å². The molecule has 132 valence electrons. The number of carbonyl (C=O) groups excluding carboxylic acids is 1. The summed E-state index contributed by atoms with van der Waals surface area (Å²) >= 11 is 0. The molecule has 1 amide bonds. The number of nitrogens with zero attached hydrogens (tertiary/aromatic N) is 2.